The zero-order valence-corrected chi connectivity index (χ0v) is 10.6. The lowest BCUT2D eigenvalue weighted by Crippen LogP contribution is -2.43. The Morgan fingerprint density at radius 2 is 2.00 bits per heavy atom. The molecule has 1 saturated heterocycles. The van der Waals surface area contributed by atoms with Gasteiger partial charge in [0.2, 0.25) is 12.2 Å². The second kappa shape index (κ2) is 5.71. The van der Waals surface area contributed by atoms with E-state index >= 15 is 0 Å². The molecule has 0 radical (unpaired) electrons. The van der Waals surface area contributed by atoms with Crippen LogP contribution in [-0.2, 0) is 6.61 Å². The maximum absolute atomic E-state index is 5.58. The second-order valence-corrected chi connectivity index (χ2v) is 4.37. The minimum absolute atomic E-state index is 0.323. The van der Waals surface area contributed by atoms with Crippen molar-refractivity contribution in [3.05, 3.63) is 36.5 Å². The van der Waals surface area contributed by atoms with Gasteiger partial charge < -0.3 is 19.5 Å². The molecule has 100 valence electrons. The molecule has 0 aliphatic carbocycles. The Hall–Kier alpha value is -2.08. The van der Waals surface area contributed by atoms with Gasteiger partial charge in [-0.1, -0.05) is 5.16 Å². The minimum atomic E-state index is 0.323. The number of nitrogens with one attached hydrogen (secondary N) is 1. The van der Waals surface area contributed by atoms with E-state index in [-0.39, 0.29) is 0 Å². The molecule has 0 unspecified atom stereocenters. The smallest absolute Gasteiger partial charge is 0.213 e. The summed E-state index contributed by atoms with van der Waals surface area (Å²) in [6, 6.07) is 8.10. The molecule has 6 heteroatoms. The number of anilines is 1. The highest BCUT2D eigenvalue weighted by Crippen LogP contribution is 2.20. The van der Waals surface area contributed by atoms with Gasteiger partial charge in [-0.3, -0.25) is 0 Å². The van der Waals surface area contributed by atoms with Crippen LogP contribution in [0.2, 0.25) is 0 Å². The number of hydrogen-bond donors (Lipinski definition) is 1. The fraction of sp³-hybridized carbons (Fsp3) is 0.385. The van der Waals surface area contributed by atoms with Crippen LogP contribution >= 0.6 is 0 Å². The lowest BCUT2D eigenvalue weighted by Gasteiger charge is -2.29. The second-order valence-electron chi connectivity index (χ2n) is 4.37. The Bertz CT molecular complexity index is 492. The van der Waals surface area contributed by atoms with E-state index in [9.17, 15) is 0 Å². The first kappa shape index (κ1) is 12.0. The first-order valence-electron chi connectivity index (χ1n) is 6.35. The van der Waals surface area contributed by atoms with Crippen molar-refractivity contribution >= 4 is 5.69 Å². The van der Waals surface area contributed by atoms with Gasteiger partial charge in [-0.15, -0.1) is 0 Å². The van der Waals surface area contributed by atoms with Gasteiger partial charge in [-0.2, -0.15) is 4.98 Å². The maximum atomic E-state index is 5.58. The highest BCUT2D eigenvalue weighted by Gasteiger charge is 2.10. The van der Waals surface area contributed by atoms with Crippen molar-refractivity contribution in [2.45, 2.75) is 6.61 Å². The largest absolute Gasteiger partial charge is 0.485 e. The van der Waals surface area contributed by atoms with Crippen LogP contribution in [0.4, 0.5) is 5.69 Å². The summed E-state index contributed by atoms with van der Waals surface area (Å²) in [6.07, 6.45) is 1.30. The van der Waals surface area contributed by atoms with Crippen LogP contribution in [0.5, 0.6) is 5.75 Å². The molecule has 1 N–H and O–H groups in total. The van der Waals surface area contributed by atoms with Crippen molar-refractivity contribution in [3.63, 3.8) is 0 Å². The van der Waals surface area contributed by atoms with E-state index in [4.69, 9.17) is 4.74 Å². The number of nitrogens with zero attached hydrogens (tertiary/aromatic N) is 3. The fourth-order valence-electron chi connectivity index (χ4n) is 2.08. The Balaban J connectivity index is 1.58. The van der Waals surface area contributed by atoms with Crippen LogP contribution < -0.4 is 15.0 Å². The van der Waals surface area contributed by atoms with Gasteiger partial charge >= 0.3 is 0 Å². The van der Waals surface area contributed by atoms with Crippen LogP contribution in [0.15, 0.2) is 35.2 Å². The van der Waals surface area contributed by atoms with E-state index in [1.54, 1.807) is 0 Å². The summed E-state index contributed by atoms with van der Waals surface area (Å²) in [6.45, 7) is 4.49. The first-order valence-corrected chi connectivity index (χ1v) is 6.35. The molecule has 1 aromatic heterocycles. The SMILES string of the molecule is c1nc(COc2ccc(N3CCNCC3)cc2)no1. The zero-order valence-electron chi connectivity index (χ0n) is 10.6. The van der Waals surface area contributed by atoms with Gasteiger partial charge in [0, 0.05) is 31.9 Å². The van der Waals surface area contributed by atoms with Gasteiger partial charge in [0.05, 0.1) is 0 Å². The van der Waals surface area contributed by atoms with E-state index < -0.39 is 0 Å². The van der Waals surface area contributed by atoms with Crippen molar-refractivity contribution in [2.24, 2.45) is 0 Å². The molecule has 0 bridgehead atoms. The molecular formula is C13H16N4O2. The Kier molecular flexibility index (Phi) is 3.60. The van der Waals surface area contributed by atoms with Crippen molar-refractivity contribution < 1.29 is 9.26 Å². The van der Waals surface area contributed by atoms with Crippen molar-refractivity contribution in [1.82, 2.24) is 15.5 Å². The molecule has 1 aliphatic heterocycles. The third-order valence-electron chi connectivity index (χ3n) is 3.09. The number of rotatable bonds is 4. The Morgan fingerprint density at radius 1 is 1.21 bits per heavy atom. The monoisotopic (exact) mass is 260 g/mol. The van der Waals surface area contributed by atoms with Crippen LogP contribution in [0.1, 0.15) is 5.82 Å². The van der Waals surface area contributed by atoms with E-state index in [0.29, 0.717) is 12.4 Å². The lowest BCUT2D eigenvalue weighted by atomic mass is 10.2. The average molecular weight is 260 g/mol. The summed E-state index contributed by atoms with van der Waals surface area (Å²) in [4.78, 5) is 6.26. The summed E-state index contributed by atoms with van der Waals surface area (Å²) in [5, 5.41) is 7.04. The van der Waals surface area contributed by atoms with Crippen LogP contribution in [0, 0.1) is 0 Å². The highest BCUT2D eigenvalue weighted by molar-refractivity contribution is 5.49. The molecule has 2 heterocycles. The predicted molar refractivity (Wildman–Crippen MR) is 70.2 cm³/mol. The summed E-state index contributed by atoms with van der Waals surface area (Å²) >= 11 is 0. The van der Waals surface area contributed by atoms with Crippen LogP contribution in [0.3, 0.4) is 0 Å². The van der Waals surface area contributed by atoms with Gasteiger partial charge in [0.1, 0.15) is 5.75 Å². The zero-order chi connectivity index (χ0) is 12.9. The maximum Gasteiger partial charge on any atom is 0.213 e. The highest BCUT2D eigenvalue weighted by atomic mass is 16.5. The third-order valence-corrected chi connectivity index (χ3v) is 3.09. The predicted octanol–water partition coefficient (Wildman–Crippen LogP) is 1.06. The summed E-state index contributed by atoms with van der Waals surface area (Å²) in [5.41, 5.74) is 1.23. The van der Waals surface area contributed by atoms with Gasteiger partial charge in [-0.05, 0) is 24.3 Å². The van der Waals surface area contributed by atoms with E-state index in [2.05, 4.69) is 37.0 Å². The van der Waals surface area contributed by atoms with Gasteiger partial charge in [0.15, 0.2) is 6.61 Å². The van der Waals surface area contributed by atoms with Crippen molar-refractivity contribution in [1.29, 1.82) is 0 Å². The summed E-state index contributed by atoms with van der Waals surface area (Å²) < 4.78 is 10.2. The van der Waals surface area contributed by atoms with Crippen LogP contribution in [0.25, 0.3) is 0 Å². The normalized spacial score (nSPS) is 15.5. The van der Waals surface area contributed by atoms with E-state index in [1.807, 2.05) is 12.1 Å². The average Bonchev–Trinajstić information content (AvgIpc) is 3.00. The molecule has 1 aromatic carbocycles. The topological polar surface area (TPSA) is 63.4 Å². The first-order chi connectivity index (χ1) is 9.42. The molecule has 2 aromatic rings. The molecule has 3 rings (SSSR count). The third kappa shape index (κ3) is 3.03. The summed E-state index contributed by atoms with van der Waals surface area (Å²) in [5.74, 6) is 1.36. The number of benzene rings is 1. The van der Waals surface area contributed by atoms with Crippen molar-refractivity contribution in [2.75, 3.05) is 31.1 Å². The van der Waals surface area contributed by atoms with Gasteiger partial charge in [0.25, 0.3) is 0 Å². The molecule has 6 nitrogen and oxygen atoms in total. The van der Waals surface area contributed by atoms with E-state index in [0.717, 1.165) is 31.9 Å². The lowest BCUT2D eigenvalue weighted by molar-refractivity contribution is 0.286. The molecule has 1 fully saturated rings. The van der Waals surface area contributed by atoms with Crippen LogP contribution in [-0.4, -0.2) is 36.3 Å². The Morgan fingerprint density at radius 3 is 2.68 bits per heavy atom. The van der Waals surface area contributed by atoms with E-state index in [1.165, 1.54) is 12.1 Å². The molecule has 1 aliphatic rings. The fourth-order valence-corrected chi connectivity index (χ4v) is 2.08. The molecule has 0 atom stereocenters. The quantitative estimate of drug-likeness (QED) is 0.886. The Labute approximate surface area is 111 Å². The molecule has 19 heavy (non-hydrogen) atoms. The van der Waals surface area contributed by atoms with Crippen molar-refractivity contribution in [3.8, 4) is 5.75 Å². The van der Waals surface area contributed by atoms with Gasteiger partial charge in [-0.25, -0.2) is 0 Å². The molecule has 0 spiro atoms. The number of aromatic nitrogens is 2. The molecular weight excluding hydrogens is 244 g/mol. The summed E-state index contributed by atoms with van der Waals surface area (Å²) in [7, 11) is 0. The number of ether oxygens (including phenoxy) is 1. The standard InChI is InChI=1S/C13H16N4O2/c1-3-12(18-9-13-15-10-19-16-13)4-2-11(1)17-7-5-14-6-8-17/h1-4,10,14H,5-9H2. The number of hydrogen-bond acceptors (Lipinski definition) is 6. The minimum Gasteiger partial charge on any atom is -0.485 e. The number of piperazine rings is 1. The molecule has 0 saturated carbocycles. The molecule has 0 amide bonds.